The lowest BCUT2D eigenvalue weighted by molar-refractivity contribution is -0.137. The van der Waals surface area contributed by atoms with Crippen molar-refractivity contribution in [3.05, 3.63) is 27.2 Å². The number of hydrogen-bond acceptors (Lipinski definition) is 4. The van der Waals surface area contributed by atoms with Gasteiger partial charge in [0.15, 0.2) is 0 Å². The quantitative estimate of drug-likeness (QED) is 0.486. The molecule has 0 fully saturated rings. The summed E-state index contributed by atoms with van der Waals surface area (Å²) < 4.78 is 10.2. The number of hydrogen-bond donors (Lipinski definition) is 0. The summed E-state index contributed by atoms with van der Waals surface area (Å²) >= 11 is 9.09. The highest BCUT2D eigenvalue weighted by molar-refractivity contribution is 9.10. The van der Waals surface area contributed by atoms with Gasteiger partial charge in [-0.25, -0.2) is 4.79 Å². The van der Waals surface area contributed by atoms with Crippen molar-refractivity contribution >= 4 is 39.3 Å². The molecule has 0 saturated carbocycles. The Morgan fingerprint density at radius 2 is 2.06 bits per heavy atom. The van der Waals surface area contributed by atoms with Crippen molar-refractivity contribution in [2.24, 2.45) is 0 Å². The van der Waals surface area contributed by atoms with Crippen LogP contribution in [-0.4, -0.2) is 25.5 Å². The minimum Gasteiger partial charge on any atom is -0.494 e. The van der Waals surface area contributed by atoms with Gasteiger partial charge in [-0.3, -0.25) is 4.79 Å². The fourth-order valence-electron chi connectivity index (χ4n) is 1.24. The van der Waals surface area contributed by atoms with Crippen LogP contribution in [0.3, 0.4) is 0 Å². The molecule has 4 nitrogen and oxygen atoms in total. The van der Waals surface area contributed by atoms with E-state index in [9.17, 15) is 9.59 Å². The van der Waals surface area contributed by atoms with Crippen LogP contribution in [0.2, 0.25) is 5.02 Å². The maximum absolute atomic E-state index is 11.8. The summed E-state index contributed by atoms with van der Waals surface area (Å²) in [6, 6.07) is 3.03. The lowest BCUT2D eigenvalue weighted by Crippen LogP contribution is -2.18. The van der Waals surface area contributed by atoms with Gasteiger partial charge in [-0.05, 0) is 19.1 Å². The number of esters is 1. The first-order valence-corrected chi connectivity index (χ1v) is 5.92. The molecule has 0 aliphatic rings. The highest BCUT2D eigenvalue weighted by atomic mass is 79.9. The van der Waals surface area contributed by atoms with E-state index in [1.54, 1.807) is 13.0 Å². The molecule has 1 rings (SSSR count). The molecule has 0 amide bonds. The fraction of sp³-hybridized carbons (Fsp3) is 0.273. The Hall–Kier alpha value is -1.07. The molecule has 92 valence electrons. The molecule has 0 saturated heterocycles. The molecule has 1 aromatic carbocycles. The predicted molar refractivity (Wildman–Crippen MR) is 66.7 cm³/mol. The minimum absolute atomic E-state index is 0.0744. The Labute approximate surface area is 112 Å². The number of Topliss-reactive ketones (excluding diaryl/α,β-unsaturated/α-hetero) is 1. The maximum Gasteiger partial charge on any atom is 0.379 e. The average molecular weight is 322 g/mol. The van der Waals surface area contributed by atoms with Gasteiger partial charge in [0.05, 0.1) is 24.3 Å². The van der Waals surface area contributed by atoms with Gasteiger partial charge in [-0.1, -0.05) is 27.5 Å². The Balaban J connectivity index is 3.20. The Morgan fingerprint density at radius 1 is 1.41 bits per heavy atom. The molecule has 0 radical (unpaired) electrons. The highest BCUT2D eigenvalue weighted by Crippen LogP contribution is 2.32. The molecule has 0 N–H and O–H groups in total. The van der Waals surface area contributed by atoms with Crippen molar-refractivity contribution in [1.82, 2.24) is 0 Å². The molecule has 6 heteroatoms. The van der Waals surface area contributed by atoms with Crippen LogP contribution in [0.1, 0.15) is 17.3 Å². The number of carbonyl (C=O) groups is 2. The van der Waals surface area contributed by atoms with E-state index in [-0.39, 0.29) is 22.9 Å². The number of methoxy groups -OCH3 is 1. The van der Waals surface area contributed by atoms with Crippen molar-refractivity contribution in [3.63, 3.8) is 0 Å². The molecule has 17 heavy (non-hydrogen) atoms. The van der Waals surface area contributed by atoms with E-state index < -0.39 is 11.8 Å². The van der Waals surface area contributed by atoms with Crippen LogP contribution in [0.5, 0.6) is 5.75 Å². The van der Waals surface area contributed by atoms with E-state index in [0.29, 0.717) is 4.47 Å². The average Bonchev–Trinajstić information content (AvgIpc) is 2.27. The molecule has 1 aromatic rings. The van der Waals surface area contributed by atoms with E-state index in [2.05, 4.69) is 20.7 Å². The highest BCUT2D eigenvalue weighted by Gasteiger charge is 2.23. The topological polar surface area (TPSA) is 52.6 Å². The van der Waals surface area contributed by atoms with Crippen LogP contribution in [0.15, 0.2) is 16.6 Å². The molecule has 0 aliphatic heterocycles. The third kappa shape index (κ3) is 3.20. The third-order valence-electron chi connectivity index (χ3n) is 1.92. The number of ether oxygens (including phenoxy) is 2. The molecule has 0 aliphatic carbocycles. The monoisotopic (exact) mass is 320 g/mol. The largest absolute Gasteiger partial charge is 0.494 e. The van der Waals surface area contributed by atoms with Gasteiger partial charge >= 0.3 is 5.97 Å². The van der Waals surface area contributed by atoms with E-state index in [4.69, 9.17) is 16.3 Å². The summed E-state index contributed by atoms with van der Waals surface area (Å²) in [5, 5.41) is 0.245. The van der Waals surface area contributed by atoms with Gasteiger partial charge in [0.25, 0.3) is 5.78 Å². The van der Waals surface area contributed by atoms with Gasteiger partial charge < -0.3 is 9.47 Å². The number of ketones is 1. The number of benzene rings is 1. The second-order valence-electron chi connectivity index (χ2n) is 3.02. The summed E-state index contributed by atoms with van der Waals surface area (Å²) in [4.78, 5) is 23.1. The van der Waals surface area contributed by atoms with Crippen molar-refractivity contribution < 1.29 is 19.1 Å². The molecule has 0 spiro atoms. The summed E-state index contributed by atoms with van der Waals surface area (Å²) in [6.07, 6.45) is 0. The first kappa shape index (κ1) is 14.0. The van der Waals surface area contributed by atoms with E-state index >= 15 is 0 Å². The second-order valence-corrected chi connectivity index (χ2v) is 4.34. The first-order chi connectivity index (χ1) is 8.01. The lowest BCUT2D eigenvalue weighted by atomic mass is 10.1. The van der Waals surface area contributed by atoms with Gasteiger partial charge in [-0.15, -0.1) is 0 Å². The predicted octanol–water partition coefficient (Wildman–Crippen LogP) is 2.86. The van der Waals surface area contributed by atoms with E-state index in [1.165, 1.54) is 13.2 Å². The van der Waals surface area contributed by atoms with E-state index in [0.717, 1.165) is 0 Å². The zero-order chi connectivity index (χ0) is 13.0. The zero-order valence-corrected chi connectivity index (χ0v) is 11.6. The van der Waals surface area contributed by atoms with Gasteiger partial charge in [0.2, 0.25) is 0 Å². The van der Waals surface area contributed by atoms with Crippen LogP contribution < -0.4 is 4.74 Å². The van der Waals surface area contributed by atoms with Gasteiger partial charge in [0.1, 0.15) is 5.75 Å². The molecule has 0 atom stereocenters. The molecular weight excluding hydrogens is 311 g/mol. The molecule has 0 heterocycles. The Morgan fingerprint density at radius 3 is 2.59 bits per heavy atom. The normalized spacial score (nSPS) is 9.88. The second kappa shape index (κ2) is 6.02. The molecule has 0 bridgehead atoms. The third-order valence-corrected chi connectivity index (χ3v) is 2.66. The molecule has 0 aromatic heterocycles. The summed E-state index contributed by atoms with van der Waals surface area (Å²) in [5.74, 6) is -1.56. The maximum atomic E-state index is 11.8. The van der Waals surface area contributed by atoms with Crippen molar-refractivity contribution in [2.75, 3.05) is 13.7 Å². The van der Waals surface area contributed by atoms with E-state index in [1.807, 2.05) is 0 Å². The Kier molecular flexibility index (Phi) is 4.96. The number of rotatable bonds is 4. The lowest BCUT2D eigenvalue weighted by Gasteiger charge is -2.09. The summed E-state index contributed by atoms with van der Waals surface area (Å²) in [5.41, 5.74) is 0.0744. The summed E-state index contributed by atoms with van der Waals surface area (Å²) in [6.45, 7) is 1.75. The van der Waals surface area contributed by atoms with Crippen LogP contribution >= 0.6 is 27.5 Å². The SMILES string of the molecule is CCOC(=O)C(=O)c1cc(Br)cc(Cl)c1OC. The number of halogens is 2. The van der Waals surface area contributed by atoms with Crippen LogP contribution in [0, 0.1) is 0 Å². The first-order valence-electron chi connectivity index (χ1n) is 4.75. The zero-order valence-electron chi connectivity index (χ0n) is 9.25. The molecule has 0 unspecified atom stereocenters. The van der Waals surface area contributed by atoms with Gasteiger partial charge in [-0.2, -0.15) is 0 Å². The molecular formula is C11H10BrClO4. The van der Waals surface area contributed by atoms with Crippen LogP contribution in [0.25, 0.3) is 0 Å². The van der Waals surface area contributed by atoms with Crippen molar-refractivity contribution in [2.45, 2.75) is 6.92 Å². The summed E-state index contributed by atoms with van der Waals surface area (Å²) in [7, 11) is 1.37. The van der Waals surface area contributed by atoms with Crippen LogP contribution in [0.4, 0.5) is 0 Å². The fourth-order valence-corrected chi connectivity index (χ4v) is 2.13. The smallest absolute Gasteiger partial charge is 0.379 e. The minimum atomic E-state index is -0.931. The number of carbonyl (C=O) groups excluding carboxylic acids is 2. The van der Waals surface area contributed by atoms with Crippen molar-refractivity contribution in [3.8, 4) is 5.75 Å². The standard InChI is InChI=1S/C11H10BrClO4/c1-3-17-11(15)9(14)7-4-6(12)5-8(13)10(7)16-2/h4-5H,3H2,1-2H3. The van der Waals surface area contributed by atoms with Crippen molar-refractivity contribution in [1.29, 1.82) is 0 Å². The Bertz CT molecular complexity index is 459. The van der Waals surface area contributed by atoms with Crippen LogP contribution in [-0.2, 0) is 9.53 Å². The van der Waals surface area contributed by atoms with Gasteiger partial charge in [0, 0.05) is 4.47 Å².